The molecule has 3 aromatic rings. The van der Waals surface area contributed by atoms with Crippen molar-refractivity contribution in [1.29, 1.82) is 0 Å². The van der Waals surface area contributed by atoms with Gasteiger partial charge in [0.2, 0.25) is 0 Å². The van der Waals surface area contributed by atoms with Crippen LogP contribution in [0.3, 0.4) is 0 Å². The summed E-state index contributed by atoms with van der Waals surface area (Å²) in [7, 11) is 0. The first-order valence-electron chi connectivity index (χ1n) is 5.56. The lowest BCUT2D eigenvalue weighted by Gasteiger charge is -2.03. The van der Waals surface area contributed by atoms with E-state index in [1.807, 2.05) is 0 Å². The number of carboxylic acids is 1. The topological polar surface area (TPSA) is 88.0 Å². The summed E-state index contributed by atoms with van der Waals surface area (Å²) in [6, 6.07) is 9.60. The van der Waals surface area contributed by atoms with Crippen LogP contribution in [0.2, 0.25) is 0 Å². The minimum absolute atomic E-state index is 0.176. The second-order valence-electron chi connectivity index (χ2n) is 3.99. The molecule has 6 heteroatoms. The molecule has 0 saturated heterocycles. The van der Waals surface area contributed by atoms with Gasteiger partial charge in [-0.25, -0.2) is 14.6 Å². The van der Waals surface area contributed by atoms with Crippen LogP contribution in [0, 0.1) is 0 Å². The summed E-state index contributed by atoms with van der Waals surface area (Å²) in [4.78, 5) is 29.4. The quantitative estimate of drug-likeness (QED) is 0.724. The predicted octanol–water partition coefficient (Wildman–Crippen LogP) is 1.41. The zero-order chi connectivity index (χ0) is 13.4. The van der Waals surface area contributed by atoms with Gasteiger partial charge in [-0.3, -0.25) is 9.55 Å². The van der Waals surface area contributed by atoms with Gasteiger partial charge in [-0.05, 0) is 36.4 Å². The highest BCUT2D eigenvalue weighted by Crippen LogP contribution is 2.14. The fourth-order valence-electron chi connectivity index (χ4n) is 1.95. The lowest BCUT2D eigenvalue weighted by atomic mass is 10.2. The number of hydrogen-bond donors (Lipinski definition) is 2. The van der Waals surface area contributed by atoms with Gasteiger partial charge < -0.3 is 5.11 Å². The first kappa shape index (κ1) is 11.2. The predicted molar refractivity (Wildman–Crippen MR) is 68.7 cm³/mol. The normalized spacial score (nSPS) is 10.7. The number of carboxylic acid groups (broad SMARTS) is 1. The third kappa shape index (κ3) is 1.79. The van der Waals surface area contributed by atoms with Crippen molar-refractivity contribution in [3.8, 4) is 5.69 Å². The van der Waals surface area contributed by atoms with Gasteiger partial charge in [-0.15, -0.1) is 0 Å². The second kappa shape index (κ2) is 4.09. The highest BCUT2D eigenvalue weighted by molar-refractivity contribution is 5.87. The number of hydrogen-bond acceptors (Lipinski definition) is 3. The van der Waals surface area contributed by atoms with Crippen LogP contribution < -0.4 is 5.69 Å². The zero-order valence-electron chi connectivity index (χ0n) is 9.70. The summed E-state index contributed by atoms with van der Waals surface area (Å²) in [5.41, 5.74) is 1.60. The van der Waals surface area contributed by atoms with E-state index >= 15 is 0 Å². The molecule has 0 atom stereocenters. The molecule has 3 rings (SSSR count). The fraction of sp³-hybridized carbons (Fsp3) is 0. The number of carbonyl (C=O) groups is 1. The van der Waals surface area contributed by atoms with Gasteiger partial charge in [-0.1, -0.05) is 0 Å². The van der Waals surface area contributed by atoms with E-state index < -0.39 is 5.97 Å². The summed E-state index contributed by atoms with van der Waals surface area (Å²) < 4.78 is 1.45. The number of aromatic amines is 1. The Kier molecular flexibility index (Phi) is 2.42. The van der Waals surface area contributed by atoms with Gasteiger partial charge in [0.25, 0.3) is 0 Å². The first-order chi connectivity index (χ1) is 9.16. The highest BCUT2D eigenvalue weighted by atomic mass is 16.4. The number of imidazole rings is 1. The van der Waals surface area contributed by atoms with Crippen LogP contribution in [0.5, 0.6) is 0 Å². The van der Waals surface area contributed by atoms with E-state index in [1.165, 1.54) is 16.7 Å². The smallest absolute Gasteiger partial charge is 0.335 e. The Morgan fingerprint density at radius 1 is 1.21 bits per heavy atom. The van der Waals surface area contributed by atoms with Crippen molar-refractivity contribution < 1.29 is 9.90 Å². The van der Waals surface area contributed by atoms with Gasteiger partial charge in [0.15, 0.2) is 5.65 Å². The molecule has 2 heterocycles. The number of H-pyrrole nitrogens is 1. The summed E-state index contributed by atoms with van der Waals surface area (Å²) in [5, 5.41) is 8.85. The van der Waals surface area contributed by atoms with Crippen LogP contribution in [0.4, 0.5) is 0 Å². The van der Waals surface area contributed by atoms with E-state index in [1.54, 1.807) is 30.5 Å². The number of benzene rings is 1. The molecule has 0 unspecified atom stereocenters. The van der Waals surface area contributed by atoms with Gasteiger partial charge in [-0.2, -0.15) is 0 Å². The minimum Gasteiger partial charge on any atom is -0.478 e. The van der Waals surface area contributed by atoms with Crippen molar-refractivity contribution in [2.24, 2.45) is 0 Å². The average molecular weight is 255 g/mol. The maximum Gasteiger partial charge on any atom is 0.335 e. The highest BCUT2D eigenvalue weighted by Gasteiger charge is 2.09. The van der Waals surface area contributed by atoms with Gasteiger partial charge in [0.05, 0.1) is 16.8 Å². The molecule has 0 aliphatic carbocycles. The summed E-state index contributed by atoms with van der Waals surface area (Å²) in [5.74, 6) is -1.00. The number of aromatic carboxylic acids is 1. The lowest BCUT2D eigenvalue weighted by Crippen LogP contribution is -2.14. The van der Waals surface area contributed by atoms with Crippen LogP contribution in [-0.4, -0.2) is 25.6 Å². The van der Waals surface area contributed by atoms with Crippen molar-refractivity contribution in [2.45, 2.75) is 0 Å². The molecule has 19 heavy (non-hydrogen) atoms. The molecule has 0 spiro atoms. The van der Waals surface area contributed by atoms with E-state index in [0.29, 0.717) is 16.9 Å². The molecule has 0 aliphatic rings. The average Bonchev–Trinajstić information content (AvgIpc) is 2.74. The Hall–Kier alpha value is -2.89. The molecule has 1 aromatic carbocycles. The fourth-order valence-corrected chi connectivity index (χ4v) is 1.95. The molecule has 6 nitrogen and oxygen atoms in total. The van der Waals surface area contributed by atoms with Crippen molar-refractivity contribution in [3.63, 3.8) is 0 Å². The van der Waals surface area contributed by atoms with Gasteiger partial charge >= 0.3 is 11.7 Å². The Balaban J connectivity index is 2.21. The van der Waals surface area contributed by atoms with E-state index in [2.05, 4.69) is 9.97 Å². The minimum atomic E-state index is -1.00. The molecule has 0 saturated carbocycles. The molecule has 0 radical (unpaired) electrons. The van der Waals surface area contributed by atoms with E-state index in [-0.39, 0.29) is 11.3 Å². The number of pyridine rings is 1. The molecule has 2 aromatic heterocycles. The van der Waals surface area contributed by atoms with Crippen molar-refractivity contribution in [3.05, 3.63) is 58.6 Å². The lowest BCUT2D eigenvalue weighted by molar-refractivity contribution is 0.0697. The zero-order valence-corrected chi connectivity index (χ0v) is 9.70. The van der Waals surface area contributed by atoms with E-state index in [9.17, 15) is 9.59 Å². The van der Waals surface area contributed by atoms with Crippen LogP contribution in [0.1, 0.15) is 10.4 Å². The van der Waals surface area contributed by atoms with Crippen molar-refractivity contribution in [1.82, 2.24) is 14.5 Å². The monoisotopic (exact) mass is 255 g/mol. The number of fused-ring (bicyclic) bond motifs is 1. The Labute approximate surface area is 107 Å². The summed E-state index contributed by atoms with van der Waals surface area (Å²) in [6.45, 7) is 0. The number of rotatable bonds is 2. The van der Waals surface area contributed by atoms with Crippen LogP contribution >= 0.6 is 0 Å². The summed E-state index contributed by atoms with van der Waals surface area (Å²) >= 11 is 0. The van der Waals surface area contributed by atoms with Crippen LogP contribution in [0.15, 0.2) is 47.4 Å². The second-order valence-corrected chi connectivity index (χ2v) is 3.99. The largest absolute Gasteiger partial charge is 0.478 e. The number of nitrogens with one attached hydrogen (secondary N) is 1. The SMILES string of the molecule is O=C(O)c1ccc(-n2c(=O)[nH]c3ncccc32)cc1. The number of nitrogens with zero attached hydrogens (tertiary/aromatic N) is 2. The molecule has 94 valence electrons. The third-order valence-electron chi connectivity index (χ3n) is 2.83. The maximum absolute atomic E-state index is 11.9. The standard InChI is InChI=1S/C13H9N3O3/c17-12(18)8-3-5-9(6-4-8)16-10-2-1-7-14-11(10)15-13(16)19/h1-7H,(H,17,18)(H,14,15,19). The first-order valence-corrected chi connectivity index (χ1v) is 5.56. The Morgan fingerprint density at radius 3 is 2.63 bits per heavy atom. The van der Waals surface area contributed by atoms with Crippen molar-refractivity contribution in [2.75, 3.05) is 0 Å². The maximum atomic E-state index is 11.9. The Morgan fingerprint density at radius 2 is 1.95 bits per heavy atom. The Bertz CT molecular complexity index is 815. The van der Waals surface area contributed by atoms with Gasteiger partial charge in [0.1, 0.15) is 0 Å². The molecular weight excluding hydrogens is 246 g/mol. The molecule has 0 bridgehead atoms. The molecule has 0 amide bonds. The van der Waals surface area contributed by atoms with E-state index in [0.717, 1.165) is 0 Å². The van der Waals surface area contributed by atoms with Crippen LogP contribution in [0.25, 0.3) is 16.9 Å². The molecule has 2 N–H and O–H groups in total. The number of aromatic nitrogens is 3. The third-order valence-corrected chi connectivity index (χ3v) is 2.83. The van der Waals surface area contributed by atoms with Crippen molar-refractivity contribution >= 4 is 17.1 Å². The van der Waals surface area contributed by atoms with Crippen LogP contribution in [-0.2, 0) is 0 Å². The molecule has 0 aliphatic heterocycles. The van der Waals surface area contributed by atoms with E-state index in [4.69, 9.17) is 5.11 Å². The van der Waals surface area contributed by atoms with Gasteiger partial charge in [0, 0.05) is 6.20 Å². The summed E-state index contributed by atoms with van der Waals surface area (Å²) in [6.07, 6.45) is 1.59. The molecular formula is C13H9N3O3. The molecule has 0 fully saturated rings.